The van der Waals surface area contributed by atoms with Gasteiger partial charge in [0.25, 0.3) is 0 Å². The molecule has 0 saturated heterocycles. The molecule has 1 unspecified atom stereocenters. The molecular weight excluding hydrogens is 468 g/mol. The summed E-state index contributed by atoms with van der Waals surface area (Å²) in [5.41, 5.74) is 1.14. The van der Waals surface area contributed by atoms with Crippen molar-refractivity contribution in [3.05, 3.63) is 51.3 Å². The highest BCUT2D eigenvalue weighted by Crippen LogP contribution is 2.38. The number of nitrogens with zero attached hydrogens (tertiary/aromatic N) is 2. The Labute approximate surface area is 206 Å². The SMILES string of the molecule is CCC(C)(C)N1Cc2cc(C#CC(C)(C)S(=O)C3CC3)c(OO)cc2-c2cc(=O)c(C(=O)O)cn21. The molecule has 186 valence electrons. The molecule has 2 aromatic rings. The van der Waals surface area contributed by atoms with Crippen molar-refractivity contribution in [2.45, 2.75) is 76.0 Å². The largest absolute Gasteiger partial charge is 0.477 e. The maximum atomic E-state index is 12.7. The third kappa shape index (κ3) is 4.60. The van der Waals surface area contributed by atoms with Crippen molar-refractivity contribution in [1.29, 1.82) is 0 Å². The Balaban J connectivity index is 1.88. The van der Waals surface area contributed by atoms with Crippen molar-refractivity contribution in [2.75, 3.05) is 5.01 Å². The highest BCUT2D eigenvalue weighted by Gasteiger charge is 2.37. The summed E-state index contributed by atoms with van der Waals surface area (Å²) in [4.78, 5) is 28.9. The zero-order chi connectivity index (χ0) is 25.7. The molecular formula is C26H30N2O6S. The molecule has 1 atom stereocenters. The molecule has 4 rings (SSSR count). The lowest BCUT2D eigenvalue weighted by Crippen LogP contribution is -2.52. The molecule has 9 heteroatoms. The van der Waals surface area contributed by atoms with Crippen molar-refractivity contribution in [2.24, 2.45) is 0 Å². The van der Waals surface area contributed by atoms with Crippen LogP contribution in [-0.4, -0.2) is 40.8 Å². The molecule has 0 spiro atoms. The number of hydrogen-bond acceptors (Lipinski definition) is 6. The molecule has 35 heavy (non-hydrogen) atoms. The van der Waals surface area contributed by atoms with Crippen LogP contribution in [0, 0.1) is 11.8 Å². The van der Waals surface area contributed by atoms with Crippen LogP contribution in [0.3, 0.4) is 0 Å². The van der Waals surface area contributed by atoms with Gasteiger partial charge < -0.3 is 15.0 Å². The normalized spacial score (nSPS) is 16.0. The Morgan fingerprint density at radius 3 is 2.49 bits per heavy atom. The van der Waals surface area contributed by atoms with Crippen LogP contribution in [0.2, 0.25) is 0 Å². The van der Waals surface area contributed by atoms with E-state index in [9.17, 15) is 24.2 Å². The number of carboxylic acids is 1. The molecule has 0 bridgehead atoms. The van der Waals surface area contributed by atoms with E-state index in [4.69, 9.17) is 0 Å². The van der Waals surface area contributed by atoms with Gasteiger partial charge in [-0.25, -0.2) is 10.1 Å². The number of benzene rings is 1. The first-order chi connectivity index (χ1) is 16.4. The molecule has 1 aliphatic heterocycles. The van der Waals surface area contributed by atoms with Crippen molar-refractivity contribution in [3.8, 4) is 28.8 Å². The Kier molecular flexibility index (Phi) is 6.32. The summed E-state index contributed by atoms with van der Waals surface area (Å²) in [6.45, 7) is 10.2. The number of aromatic nitrogens is 1. The highest BCUT2D eigenvalue weighted by molar-refractivity contribution is 7.87. The van der Waals surface area contributed by atoms with E-state index in [1.807, 2.05) is 45.7 Å². The predicted octanol–water partition coefficient (Wildman–Crippen LogP) is 3.75. The molecule has 1 aromatic heterocycles. The molecule has 1 aliphatic carbocycles. The molecule has 2 aliphatic rings. The van der Waals surface area contributed by atoms with Gasteiger partial charge in [-0.3, -0.25) is 13.7 Å². The summed E-state index contributed by atoms with van der Waals surface area (Å²) in [6.07, 6.45) is 4.02. The lowest BCUT2D eigenvalue weighted by Gasteiger charge is -2.45. The fraction of sp³-hybridized carbons (Fsp3) is 0.462. The van der Waals surface area contributed by atoms with Crippen LogP contribution in [0.4, 0.5) is 0 Å². The first-order valence-electron chi connectivity index (χ1n) is 11.6. The van der Waals surface area contributed by atoms with Gasteiger partial charge in [-0.05, 0) is 64.7 Å². The third-order valence-electron chi connectivity index (χ3n) is 6.81. The second kappa shape index (κ2) is 8.85. The van der Waals surface area contributed by atoms with Gasteiger partial charge in [0.2, 0.25) is 0 Å². The topological polar surface area (TPSA) is 109 Å². The summed E-state index contributed by atoms with van der Waals surface area (Å²) >= 11 is 0. The number of hydrogen-bond donors (Lipinski definition) is 2. The number of aromatic carboxylic acids is 1. The average molecular weight is 499 g/mol. The Hall–Kier alpha value is -3.09. The summed E-state index contributed by atoms with van der Waals surface area (Å²) in [5.74, 6) is 4.97. The van der Waals surface area contributed by atoms with Crippen LogP contribution < -0.4 is 15.3 Å². The molecule has 1 fully saturated rings. The van der Waals surface area contributed by atoms with E-state index in [2.05, 4.69) is 16.7 Å². The minimum absolute atomic E-state index is 0.105. The van der Waals surface area contributed by atoms with E-state index in [1.165, 1.54) is 12.3 Å². The van der Waals surface area contributed by atoms with Gasteiger partial charge in [-0.1, -0.05) is 18.8 Å². The van der Waals surface area contributed by atoms with Crippen LogP contribution in [0.25, 0.3) is 11.3 Å². The summed E-state index contributed by atoms with van der Waals surface area (Å²) in [6, 6.07) is 4.71. The van der Waals surface area contributed by atoms with Gasteiger partial charge in [-0.2, -0.15) is 0 Å². The minimum Gasteiger partial charge on any atom is -0.477 e. The lowest BCUT2D eigenvalue weighted by atomic mass is 9.93. The van der Waals surface area contributed by atoms with E-state index in [0.717, 1.165) is 24.8 Å². The van der Waals surface area contributed by atoms with E-state index < -0.39 is 26.9 Å². The Bertz CT molecular complexity index is 1340. The fourth-order valence-corrected chi connectivity index (χ4v) is 5.69. The number of fused-ring (bicyclic) bond motifs is 3. The van der Waals surface area contributed by atoms with Crippen molar-refractivity contribution >= 4 is 16.8 Å². The Morgan fingerprint density at radius 2 is 1.91 bits per heavy atom. The van der Waals surface area contributed by atoms with E-state index in [-0.39, 0.29) is 22.1 Å². The first kappa shape index (κ1) is 25.0. The zero-order valence-electron chi connectivity index (χ0n) is 20.5. The average Bonchev–Trinajstić information content (AvgIpc) is 3.66. The highest BCUT2D eigenvalue weighted by atomic mass is 32.2. The maximum absolute atomic E-state index is 12.7. The van der Waals surface area contributed by atoms with Gasteiger partial charge in [0.1, 0.15) is 10.3 Å². The quantitative estimate of drug-likeness (QED) is 0.355. The van der Waals surface area contributed by atoms with Crippen LogP contribution in [0.1, 0.15) is 75.4 Å². The van der Waals surface area contributed by atoms with Crippen LogP contribution in [0.15, 0.2) is 29.2 Å². The van der Waals surface area contributed by atoms with Gasteiger partial charge in [0.05, 0.1) is 23.3 Å². The van der Waals surface area contributed by atoms with Crippen molar-refractivity contribution in [1.82, 2.24) is 4.68 Å². The number of carbonyl (C=O) groups is 1. The predicted molar refractivity (Wildman–Crippen MR) is 135 cm³/mol. The van der Waals surface area contributed by atoms with E-state index >= 15 is 0 Å². The van der Waals surface area contributed by atoms with Gasteiger partial charge in [0.15, 0.2) is 11.2 Å². The van der Waals surface area contributed by atoms with Crippen molar-refractivity contribution < 1.29 is 24.3 Å². The standard InChI is InChI=1S/C26H30N2O6S/c1-6-25(2,3)28-14-17-11-16(9-10-26(4,5)35(33)18-7-8-18)23(34-32)12-19(17)21-13-22(29)20(24(30)31)15-27(21)28/h11-13,15,18,32H,6-8,14H2,1-5H3,(H,30,31). The van der Waals surface area contributed by atoms with Crippen LogP contribution in [-0.2, 0) is 17.3 Å². The van der Waals surface area contributed by atoms with Crippen LogP contribution in [0.5, 0.6) is 5.75 Å². The maximum Gasteiger partial charge on any atom is 0.341 e. The second-order valence-corrected chi connectivity index (χ2v) is 12.4. The van der Waals surface area contributed by atoms with Gasteiger partial charge in [-0.15, -0.1) is 0 Å². The number of rotatable bonds is 6. The second-order valence-electron chi connectivity index (χ2n) is 10.2. The van der Waals surface area contributed by atoms with Crippen molar-refractivity contribution in [3.63, 3.8) is 0 Å². The van der Waals surface area contributed by atoms with E-state index in [0.29, 0.717) is 23.4 Å². The number of pyridine rings is 1. The smallest absolute Gasteiger partial charge is 0.341 e. The molecule has 0 amide bonds. The van der Waals surface area contributed by atoms with Crippen LogP contribution >= 0.6 is 0 Å². The molecule has 2 heterocycles. The Morgan fingerprint density at radius 1 is 1.23 bits per heavy atom. The molecule has 8 nitrogen and oxygen atoms in total. The molecule has 1 aromatic carbocycles. The minimum atomic E-state index is -1.29. The summed E-state index contributed by atoms with van der Waals surface area (Å²) < 4.78 is 13.7. The number of carboxylic acid groups (broad SMARTS) is 1. The lowest BCUT2D eigenvalue weighted by molar-refractivity contribution is -0.137. The monoisotopic (exact) mass is 498 g/mol. The van der Waals surface area contributed by atoms with Gasteiger partial charge >= 0.3 is 5.97 Å². The van der Waals surface area contributed by atoms with E-state index in [1.54, 1.807) is 10.7 Å². The summed E-state index contributed by atoms with van der Waals surface area (Å²) in [7, 11) is -1.08. The molecule has 1 saturated carbocycles. The third-order valence-corrected chi connectivity index (χ3v) is 9.00. The van der Waals surface area contributed by atoms with Gasteiger partial charge in [0, 0.05) is 33.9 Å². The summed E-state index contributed by atoms with van der Waals surface area (Å²) in [5, 5.41) is 21.3. The fourth-order valence-electron chi connectivity index (χ4n) is 4.14. The molecule has 2 N–H and O–H groups in total. The zero-order valence-corrected chi connectivity index (χ0v) is 21.4. The molecule has 0 radical (unpaired) electrons. The first-order valence-corrected chi connectivity index (χ1v) is 12.8.